The van der Waals surface area contributed by atoms with Crippen LogP contribution in [0.2, 0.25) is 0 Å². The van der Waals surface area contributed by atoms with E-state index < -0.39 is 28.5 Å². The van der Waals surface area contributed by atoms with Gasteiger partial charge in [0.15, 0.2) is 0 Å². The minimum absolute atomic E-state index is 0.0362. The molecule has 0 aliphatic carbocycles. The largest absolute Gasteiger partial charge is 0.495 e. The average molecular weight is 628 g/mol. The zero-order valence-corrected chi connectivity index (χ0v) is 26.9. The van der Waals surface area contributed by atoms with Gasteiger partial charge in [0.25, 0.3) is 10.0 Å². The Morgan fingerprint density at radius 2 is 1.44 bits per heavy atom. The Kier molecular flexibility index (Phi) is 11.8. The number of carbonyl (C=O) groups is 2. The van der Waals surface area contributed by atoms with E-state index in [1.807, 2.05) is 80.6 Å². The summed E-state index contributed by atoms with van der Waals surface area (Å²) in [6.45, 7) is 3.93. The summed E-state index contributed by atoms with van der Waals surface area (Å²) in [5.74, 6) is -0.503. The lowest BCUT2D eigenvalue weighted by molar-refractivity contribution is -0.140. The molecular weight excluding hydrogens is 586 g/mol. The molecule has 2 amide bonds. The number of hydrogen-bond acceptors (Lipinski definition) is 5. The summed E-state index contributed by atoms with van der Waals surface area (Å²) in [5.41, 5.74) is 2.73. The molecule has 4 rings (SSSR count). The van der Waals surface area contributed by atoms with E-state index >= 15 is 0 Å². The molecule has 236 valence electrons. The van der Waals surface area contributed by atoms with Crippen molar-refractivity contribution in [1.29, 1.82) is 0 Å². The summed E-state index contributed by atoms with van der Waals surface area (Å²) < 4.78 is 35.1. The summed E-state index contributed by atoms with van der Waals surface area (Å²) in [4.78, 5) is 29.9. The SMILES string of the molecule is CCCCNC(=O)C(Cc1ccccc1)N(Cc1ccccc1)C(=O)CN(c1cc(C)ccc1OC)S(=O)(=O)c1ccccc1. The van der Waals surface area contributed by atoms with Crippen molar-refractivity contribution in [2.45, 2.75) is 50.6 Å². The maximum absolute atomic E-state index is 14.6. The first-order valence-corrected chi connectivity index (χ1v) is 16.6. The molecule has 0 aliphatic rings. The summed E-state index contributed by atoms with van der Waals surface area (Å²) in [7, 11) is -2.76. The predicted molar refractivity (Wildman–Crippen MR) is 178 cm³/mol. The van der Waals surface area contributed by atoms with Crippen molar-refractivity contribution in [1.82, 2.24) is 10.2 Å². The Bertz CT molecular complexity index is 1650. The quantitative estimate of drug-likeness (QED) is 0.169. The summed E-state index contributed by atoms with van der Waals surface area (Å²) in [6, 6.07) is 31.2. The lowest BCUT2D eigenvalue weighted by Crippen LogP contribution is -2.53. The Labute approximate surface area is 266 Å². The molecule has 1 unspecified atom stereocenters. The van der Waals surface area contributed by atoms with Crippen LogP contribution in [0.3, 0.4) is 0 Å². The van der Waals surface area contributed by atoms with E-state index in [4.69, 9.17) is 4.74 Å². The molecule has 9 heteroatoms. The van der Waals surface area contributed by atoms with Crippen LogP contribution < -0.4 is 14.4 Å². The Morgan fingerprint density at radius 1 is 0.844 bits per heavy atom. The third kappa shape index (κ3) is 8.73. The van der Waals surface area contributed by atoms with Gasteiger partial charge in [0.1, 0.15) is 18.3 Å². The molecule has 0 saturated carbocycles. The van der Waals surface area contributed by atoms with E-state index in [2.05, 4.69) is 5.32 Å². The normalized spacial score (nSPS) is 11.8. The standard InChI is InChI=1S/C36H41N3O5S/c1-4-5-23-37-36(41)33(25-29-15-9-6-10-16-29)38(26-30-17-11-7-12-18-30)35(40)27-39(32-24-28(2)21-22-34(32)44-3)45(42,43)31-19-13-8-14-20-31/h6-22,24,33H,4-5,23,25-27H2,1-3H3,(H,37,41). The highest BCUT2D eigenvalue weighted by molar-refractivity contribution is 7.92. The third-order valence-corrected chi connectivity index (χ3v) is 9.28. The zero-order valence-electron chi connectivity index (χ0n) is 26.1. The predicted octanol–water partition coefficient (Wildman–Crippen LogP) is 5.76. The maximum Gasteiger partial charge on any atom is 0.264 e. The minimum Gasteiger partial charge on any atom is -0.495 e. The lowest BCUT2D eigenvalue weighted by atomic mass is 10.0. The van der Waals surface area contributed by atoms with Crippen molar-refractivity contribution in [3.05, 3.63) is 126 Å². The molecule has 4 aromatic carbocycles. The van der Waals surface area contributed by atoms with Gasteiger partial charge < -0.3 is 15.0 Å². The molecular formula is C36H41N3O5S. The second-order valence-electron chi connectivity index (χ2n) is 10.9. The van der Waals surface area contributed by atoms with Crippen molar-refractivity contribution >= 4 is 27.5 Å². The van der Waals surface area contributed by atoms with Crippen LogP contribution >= 0.6 is 0 Å². The Hall–Kier alpha value is -4.63. The molecule has 0 aliphatic heterocycles. The van der Waals surface area contributed by atoms with Gasteiger partial charge in [-0.05, 0) is 54.3 Å². The fraction of sp³-hybridized carbons (Fsp3) is 0.278. The fourth-order valence-corrected chi connectivity index (χ4v) is 6.51. The number of hydrogen-bond donors (Lipinski definition) is 1. The molecule has 0 fully saturated rings. The van der Waals surface area contributed by atoms with Gasteiger partial charge in [-0.2, -0.15) is 0 Å². The Balaban J connectivity index is 1.81. The lowest BCUT2D eigenvalue weighted by Gasteiger charge is -2.34. The van der Waals surface area contributed by atoms with Crippen LogP contribution in [0.5, 0.6) is 5.75 Å². The molecule has 1 N–H and O–H groups in total. The van der Waals surface area contributed by atoms with Crippen LogP contribution in [-0.4, -0.2) is 51.4 Å². The molecule has 4 aromatic rings. The molecule has 8 nitrogen and oxygen atoms in total. The van der Waals surface area contributed by atoms with Crippen LogP contribution in [0.1, 0.15) is 36.5 Å². The van der Waals surface area contributed by atoms with E-state index in [0.717, 1.165) is 33.8 Å². The third-order valence-electron chi connectivity index (χ3n) is 7.51. The number of benzene rings is 4. The smallest absolute Gasteiger partial charge is 0.264 e. The minimum atomic E-state index is -4.22. The van der Waals surface area contributed by atoms with E-state index in [0.29, 0.717) is 12.3 Å². The summed E-state index contributed by atoms with van der Waals surface area (Å²) >= 11 is 0. The van der Waals surface area contributed by atoms with E-state index in [-0.39, 0.29) is 29.5 Å². The number of anilines is 1. The molecule has 1 atom stereocenters. The highest BCUT2D eigenvalue weighted by Gasteiger charge is 2.35. The van der Waals surface area contributed by atoms with Crippen LogP contribution in [0.4, 0.5) is 5.69 Å². The molecule has 0 radical (unpaired) electrons. The Morgan fingerprint density at radius 3 is 2.04 bits per heavy atom. The molecule has 0 saturated heterocycles. The van der Waals surface area contributed by atoms with Crippen LogP contribution in [0.25, 0.3) is 0 Å². The first-order chi connectivity index (χ1) is 21.7. The fourth-order valence-electron chi connectivity index (χ4n) is 5.07. The van der Waals surface area contributed by atoms with Gasteiger partial charge in [0.05, 0.1) is 17.7 Å². The molecule has 45 heavy (non-hydrogen) atoms. The summed E-state index contributed by atoms with van der Waals surface area (Å²) in [5, 5.41) is 3.01. The average Bonchev–Trinajstić information content (AvgIpc) is 3.06. The number of sulfonamides is 1. The number of nitrogens with zero attached hydrogens (tertiary/aromatic N) is 2. The van der Waals surface area contributed by atoms with Crippen molar-refractivity contribution in [2.75, 3.05) is 24.5 Å². The highest BCUT2D eigenvalue weighted by Crippen LogP contribution is 2.34. The number of nitrogens with one attached hydrogen (secondary N) is 1. The van der Waals surface area contributed by atoms with Gasteiger partial charge in [-0.1, -0.05) is 98.3 Å². The number of aryl methyl sites for hydroxylation is 1. The number of rotatable bonds is 15. The van der Waals surface area contributed by atoms with Crippen LogP contribution in [-0.2, 0) is 32.6 Å². The second kappa shape index (κ2) is 15.9. The zero-order chi connectivity index (χ0) is 32.2. The number of methoxy groups -OCH3 is 1. The summed E-state index contributed by atoms with van der Waals surface area (Å²) in [6.07, 6.45) is 1.96. The molecule has 0 aromatic heterocycles. The first kappa shape index (κ1) is 33.3. The topological polar surface area (TPSA) is 96.0 Å². The van der Waals surface area contributed by atoms with E-state index in [9.17, 15) is 18.0 Å². The van der Waals surface area contributed by atoms with Gasteiger partial charge in [0, 0.05) is 19.5 Å². The molecule has 0 heterocycles. The second-order valence-corrected chi connectivity index (χ2v) is 12.7. The monoisotopic (exact) mass is 627 g/mol. The van der Waals surface area contributed by atoms with Crippen molar-refractivity contribution < 1.29 is 22.7 Å². The highest BCUT2D eigenvalue weighted by atomic mass is 32.2. The van der Waals surface area contributed by atoms with Gasteiger partial charge in [-0.3, -0.25) is 13.9 Å². The van der Waals surface area contributed by atoms with Crippen molar-refractivity contribution in [3.63, 3.8) is 0 Å². The van der Waals surface area contributed by atoms with Crippen LogP contribution in [0.15, 0.2) is 114 Å². The molecule has 0 spiro atoms. The number of amides is 2. The van der Waals surface area contributed by atoms with Gasteiger partial charge in [-0.25, -0.2) is 8.42 Å². The van der Waals surface area contributed by atoms with Crippen molar-refractivity contribution in [3.8, 4) is 5.75 Å². The van der Waals surface area contributed by atoms with Gasteiger partial charge in [-0.15, -0.1) is 0 Å². The van der Waals surface area contributed by atoms with Crippen LogP contribution in [0, 0.1) is 6.92 Å². The molecule has 0 bridgehead atoms. The number of carbonyl (C=O) groups excluding carboxylic acids is 2. The first-order valence-electron chi connectivity index (χ1n) is 15.1. The van der Waals surface area contributed by atoms with Gasteiger partial charge in [0.2, 0.25) is 11.8 Å². The van der Waals surface area contributed by atoms with E-state index in [1.54, 1.807) is 30.3 Å². The van der Waals surface area contributed by atoms with Gasteiger partial charge >= 0.3 is 0 Å². The number of ether oxygens (including phenoxy) is 1. The van der Waals surface area contributed by atoms with Crippen molar-refractivity contribution in [2.24, 2.45) is 0 Å². The number of unbranched alkanes of at least 4 members (excludes halogenated alkanes) is 1. The maximum atomic E-state index is 14.6. The van der Waals surface area contributed by atoms with E-state index in [1.165, 1.54) is 24.1 Å².